The molecule has 6 nitrogen and oxygen atoms in total. The number of halogens is 2. The molecule has 0 fully saturated rings. The fourth-order valence-electron chi connectivity index (χ4n) is 2.58. The Morgan fingerprint density at radius 3 is 2.57 bits per heavy atom. The van der Waals surface area contributed by atoms with Gasteiger partial charge in [0.05, 0.1) is 29.1 Å². The molecule has 0 bridgehead atoms. The molecule has 0 unspecified atom stereocenters. The third kappa shape index (κ3) is 4.37. The molecule has 2 heterocycles. The molecule has 0 spiro atoms. The van der Waals surface area contributed by atoms with E-state index in [0.717, 1.165) is 0 Å². The summed E-state index contributed by atoms with van der Waals surface area (Å²) in [6, 6.07) is 9.17. The Kier molecular flexibility index (Phi) is 5.75. The van der Waals surface area contributed by atoms with Crippen LogP contribution in [0.3, 0.4) is 0 Å². The number of benzene rings is 1. The molecule has 0 aliphatic heterocycles. The Balaban J connectivity index is 1.90. The molecule has 3 aromatic rings. The van der Waals surface area contributed by atoms with E-state index in [1.54, 1.807) is 32.0 Å². The lowest BCUT2D eigenvalue weighted by atomic mass is 10.1. The summed E-state index contributed by atoms with van der Waals surface area (Å²) in [7, 11) is 1.52. The van der Waals surface area contributed by atoms with Gasteiger partial charge in [0.25, 0.3) is 5.91 Å². The maximum absolute atomic E-state index is 13.3. The minimum Gasteiger partial charge on any atom is -0.481 e. The lowest BCUT2D eigenvalue weighted by Crippen LogP contribution is -2.16. The summed E-state index contributed by atoms with van der Waals surface area (Å²) in [4.78, 5) is 21.3. The number of anilines is 3. The number of rotatable bonds is 5. The summed E-state index contributed by atoms with van der Waals surface area (Å²) in [5, 5.41) is 6.18. The standard InChI is InChI=1S/C20H18ClFN4O2/c1-11-8-14(22)4-5-16(11)25-19-15(9-13(21)10-23-19)20(27)26-17-6-7-18(28-3)24-12(17)2/h4-10H,1-3H3,(H,23,25)(H,26,27). The van der Waals surface area contributed by atoms with E-state index in [-0.39, 0.29) is 11.4 Å². The summed E-state index contributed by atoms with van der Waals surface area (Å²) in [6.07, 6.45) is 1.43. The van der Waals surface area contributed by atoms with Crippen molar-refractivity contribution < 1.29 is 13.9 Å². The van der Waals surface area contributed by atoms with Crippen molar-refractivity contribution in [3.63, 3.8) is 0 Å². The van der Waals surface area contributed by atoms with Gasteiger partial charge in [-0.2, -0.15) is 0 Å². The molecule has 0 aliphatic carbocycles. The second-order valence-corrected chi connectivity index (χ2v) is 6.51. The largest absolute Gasteiger partial charge is 0.481 e. The fourth-order valence-corrected chi connectivity index (χ4v) is 2.74. The average molecular weight is 401 g/mol. The third-order valence-electron chi connectivity index (χ3n) is 4.06. The van der Waals surface area contributed by atoms with Crippen LogP contribution in [0.1, 0.15) is 21.6 Å². The van der Waals surface area contributed by atoms with Crippen LogP contribution in [0.25, 0.3) is 0 Å². The third-order valence-corrected chi connectivity index (χ3v) is 4.26. The van der Waals surface area contributed by atoms with Crippen LogP contribution >= 0.6 is 11.6 Å². The fraction of sp³-hybridized carbons (Fsp3) is 0.150. The van der Waals surface area contributed by atoms with Gasteiger partial charge in [0.2, 0.25) is 5.88 Å². The second kappa shape index (κ2) is 8.22. The zero-order chi connectivity index (χ0) is 20.3. The van der Waals surface area contributed by atoms with Crippen molar-refractivity contribution in [2.24, 2.45) is 0 Å². The number of nitrogens with one attached hydrogen (secondary N) is 2. The minimum absolute atomic E-state index is 0.242. The molecule has 28 heavy (non-hydrogen) atoms. The molecular weight excluding hydrogens is 383 g/mol. The van der Waals surface area contributed by atoms with Crippen LogP contribution in [-0.2, 0) is 0 Å². The number of ether oxygens (including phenoxy) is 1. The minimum atomic E-state index is -0.410. The molecule has 0 saturated heterocycles. The van der Waals surface area contributed by atoms with Crippen LogP contribution in [0, 0.1) is 19.7 Å². The van der Waals surface area contributed by atoms with Crippen molar-refractivity contribution in [3.8, 4) is 5.88 Å². The highest BCUT2D eigenvalue weighted by atomic mass is 35.5. The van der Waals surface area contributed by atoms with Gasteiger partial charge in [-0.25, -0.2) is 14.4 Å². The van der Waals surface area contributed by atoms with Gasteiger partial charge in [-0.3, -0.25) is 4.79 Å². The van der Waals surface area contributed by atoms with E-state index in [9.17, 15) is 9.18 Å². The van der Waals surface area contributed by atoms with Crippen molar-refractivity contribution >= 4 is 34.7 Å². The van der Waals surface area contributed by atoms with Gasteiger partial charge >= 0.3 is 0 Å². The summed E-state index contributed by atoms with van der Waals surface area (Å²) in [5.41, 5.74) is 2.69. The summed E-state index contributed by atoms with van der Waals surface area (Å²) in [5.74, 6) is 0.00434. The molecule has 1 aromatic carbocycles. The summed E-state index contributed by atoms with van der Waals surface area (Å²) >= 11 is 6.04. The van der Waals surface area contributed by atoms with Gasteiger partial charge in [0.1, 0.15) is 11.6 Å². The molecular formula is C20H18ClFN4O2. The van der Waals surface area contributed by atoms with E-state index < -0.39 is 5.91 Å². The first-order valence-corrected chi connectivity index (χ1v) is 8.77. The van der Waals surface area contributed by atoms with E-state index in [4.69, 9.17) is 16.3 Å². The average Bonchev–Trinajstić information content (AvgIpc) is 2.66. The predicted octanol–water partition coefficient (Wildman–Crippen LogP) is 4.89. The molecule has 3 rings (SSSR count). The number of aryl methyl sites for hydroxylation is 2. The first-order valence-electron chi connectivity index (χ1n) is 8.39. The molecule has 1 amide bonds. The van der Waals surface area contributed by atoms with Gasteiger partial charge in [0.15, 0.2) is 0 Å². The van der Waals surface area contributed by atoms with Gasteiger partial charge in [-0.1, -0.05) is 11.6 Å². The molecule has 144 valence electrons. The Bertz CT molecular complexity index is 1040. The number of aromatic nitrogens is 2. The van der Waals surface area contributed by atoms with Crippen LogP contribution in [0.4, 0.5) is 21.6 Å². The summed E-state index contributed by atoms with van der Waals surface area (Å²) in [6.45, 7) is 3.52. The number of nitrogens with zero attached hydrogens (tertiary/aromatic N) is 2. The normalized spacial score (nSPS) is 10.5. The number of hydrogen-bond acceptors (Lipinski definition) is 5. The van der Waals surface area contributed by atoms with Crippen LogP contribution in [0.5, 0.6) is 5.88 Å². The Morgan fingerprint density at radius 1 is 1.14 bits per heavy atom. The van der Waals surface area contributed by atoms with Crippen molar-refractivity contribution in [1.29, 1.82) is 0 Å². The highest BCUT2D eigenvalue weighted by Crippen LogP contribution is 2.26. The van der Waals surface area contributed by atoms with Crippen LogP contribution in [0.15, 0.2) is 42.6 Å². The van der Waals surface area contributed by atoms with E-state index in [1.165, 1.54) is 31.5 Å². The van der Waals surface area contributed by atoms with Crippen molar-refractivity contribution in [3.05, 3.63) is 70.3 Å². The summed E-state index contributed by atoms with van der Waals surface area (Å²) < 4.78 is 18.4. The monoisotopic (exact) mass is 400 g/mol. The molecule has 0 radical (unpaired) electrons. The zero-order valence-corrected chi connectivity index (χ0v) is 16.3. The van der Waals surface area contributed by atoms with E-state index in [1.807, 2.05) is 0 Å². The molecule has 2 aromatic heterocycles. The highest BCUT2D eigenvalue weighted by molar-refractivity contribution is 6.31. The van der Waals surface area contributed by atoms with Crippen LogP contribution < -0.4 is 15.4 Å². The second-order valence-electron chi connectivity index (χ2n) is 6.07. The number of hydrogen-bond donors (Lipinski definition) is 2. The molecule has 0 aliphatic rings. The van der Waals surface area contributed by atoms with Crippen molar-refractivity contribution in [2.75, 3.05) is 17.7 Å². The van der Waals surface area contributed by atoms with Crippen molar-refractivity contribution in [1.82, 2.24) is 9.97 Å². The number of pyridine rings is 2. The molecule has 8 heteroatoms. The van der Waals surface area contributed by atoms with Gasteiger partial charge < -0.3 is 15.4 Å². The SMILES string of the molecule is COc1ccc(NC(=O)c2cc(Cl)cnc2Nc2ccc(F)cc2C)c(C)n1. The maximum Gasteiger partial charge on any atom is 0.259 e. The Labute approximate surface area is 166 Å². The smallest absolute Gasteiger partial charge is 0.259 e. The molecule has 2 N–H and O–H groups in total. The quantitative estimate of drug-likeness (QED) is 0.637. The van der Waals surface area contributed by atoms with Gasteiger partial charge in [0, 0.05) is 18.0 Å². The molecule has 0 saturated carbocycles. The highest BCUT2D eigenvalue weighted by Gasteiger charge is 2.16. The number of carbonyl (C=O) groups is 1. The van der Waals surface area contributed by atoms with Gasteiger partial charge in [-0.15, -0.1) is 0 Å². The molecule has 0 atom stereocenters. The van der Waals surface area contributed by atoms with Crippen LogP contribution in [0.2, 0.25) is 5.02 Å². The van der Waals surface area contributed by atoms with E-state index >= 15 is 0 Å². The topological polar surface area (TPSA) is 76.1 Å². The van der Waals surface area contributed by atoms with E-state index in [0.29, 0.717) is 39.4 Å². The Hall–Kier alpha value is -3.19. The lowest BCUT2D eigenvalue weighted by molar-refractivity contribution is 0.102. The van der Waals surface area contributed by atoms with E-state index in [2.05, 4.69) is 20.6 Å². The predicted molar refractivity (Wildman–Crippen MR) is 107 cm³/mol. The van der Waals surface area contributed by atoms with Gasteiger partial charge in [-0.05, 0) is 49.7 Å². The number of methoxy groups -OCH3 is 1. The lowest BCUT2D eigenvalue weighted by Gasteiger charge is -2.14. The maximum atomic E-state index is 13.3. The Morgan fingerprint density at radius 2 is 1.89 bits per heavy atom. The van der Waals surface area contributed by atoms with Crippen LogP contribution in [-0.4, -0.2) is 23.0 Å². The first kappa shape index (κ1) is 19.6. The number of carbonyl (C=O) groups excluding carboxylic acids is 1. The van der Waals surface area contributed by atoms with Crippen molar-refractivity contribution in [2.45, 2.75) is 13.8 Å². The zero-order valence-electron chi connectivity index (χ0n) is 15.5. The number of amides is 1. The first-order chi connectivity index (χ1) is 13.4.